The number of rotatable bonds is 9. The Kier molecular flexibility index (Phi) is 6.86. The molecule has 0 saturated heterocycles. The molecule has 1 aromatic heterocycles. The summed E-state index contributed by atoms with van der Waals surface area (Å²) in [6, 6.07) is 19.6. The van der Waals surface area contributed by atoms with Crippen LogP contribution >= 0.6 is 0 Å². The maximum Gasteiger partial charge on any atom is 0.147 e. The molecule has 36 heavy (non-hydrogen) atoms. The smallest absolute Gasteiger partial charge is 0.147 e. The summed E-state index contributed by atoms with van der Waals surface area (Å²) < 4.78 is 34.2. The van der Waals surface area contributed by atoms with Crippen molar-refractivity contribution in [3.8, 4) is 6.07 Å². The highest BCUT2D eigenvalue weighted by Crippen LogP contribution is 2.45. The van der Waals surface area contributed by atoms with Crippen molar-refractivity contribution in [1.29, 1.82) is 5.26 Å². The number of hydrogen-bond acceptors (Lipinski definition) is 3. The highest BCUT2D eigenvalue weighted by Gasteiger charge is 2.41. The Morgan fingerprint density at radius 1 is 1.08 bits per heavy atom. The molecule has 4 nitrogen and oxygen atoms in total. The number of likely N-dealkylation sites (N-methyl/N-ethyl adjacent to an activating group) is 1. The summed E-state index contributed by atoms with van der Waals surface area (Å²) in [7, 11) is 0. The molecule has 1 unspecified atom stereocenters. The lowest BCUT2D eigenvalue weighted by molar-refractivity contribution is -0.0145. The van der Waals surface area contributed by atoms with Gasteiger partial charge in [0.25, 0.3) is 0 Å². The molecule has 0 saturated carbocycles. The SMILES string of the molecule is CCN(CCCC1(c2ccc(F)cc2)OCc2cc(C#N)ccc21)CCc1c[nH]c2c(F)cccc12. The molecule has 0 fully saturated rings. The predicted molar refractivity (Wildman–Crippen MR) is 136 cm³/mol. The maximum atomic E-state index is 14.0. The van der Waals surface area contributed by atoms with Gasteiger partial charge in [0.1, 0.15) is 17.2 Å². The first-order valence-electron chi connectivity index (χ1n) is 12.4. The number of benzene rings is 3. The van der Waals surface area contributed by atoms with Crippen LogP contribution in [0.25, 0.3) is 10.9 Å². The summed E-state index contributed by atoms with van der Waals surface area (Å²) in [5.74, 6) is -0.503. The second-order valence-electron chi connectivity index (χ2n) is 9.37. The van der Waals surface area contributed by atoms with Crippen molar-refractivity contribution in [2.24, 2.45) is 0 Å². The number of fused-ring (bicyclic) bond motifs is 2. The van der Waals surface area contributed by atoms with Gasteiger partial charge in [-0.2, -0.15) is 5.26 Å². The van der Waals surface area contributed by atoms with Gasteiger partial charge in [-0.05, 0) is 84.9 Å². The summed E-state index contributed by atoms with van der Waals surface area (Å²) >= 11 is 0. The van der Waals surface area contributed by atoms with Crippen molar-refractivity contribution < 1.29 is 13.5 Å². The highest BCUT2D eigenvalue weighted by molar-refractivity contribution is 5.83. The van der Waals surface area contributed by atoms with Crippen LogP contribution in [0, 0.1) is 23.0 Å². The van der Waals surface area contributed by atoms with Crippen LogP contribution in [0.4, 0.5) is 8.78 Å². The average molecular weight is 486 g/mol. The molecule has 1 atom stereocenters. The summed E-state index contributed by atoms with van der Waals surface area (Å²) in [6.45, 7) is 5.23. The van der Waals surface area contributed by atoms with Crippen molar-refractivity contribution in [1.82, 2.24) is 9.88 Å². The first-order chi connectivity index (χ1) is 17.5. The van der Waals surface area contributed by atoms with Gasteiger partial charge in [0.2, 0.25) is 0 Å². The lowest BCUT2D eigenvalue weighted by Gasteiger charge is -2.32. The van der Waals surface area contributed by atoms with Gasteiger partial charge in [0, 0.05) is 18.1 Å². The molecule has 1 aliphatic rings. The molecule has 5 rings (SSSR count). The van der Waals surface area contributed by atoms with Crippen molar-refractivity contribution in [3.05, 3.63) is 106 Å². The minimum absolute atomic E-state index is 0.226. The number of para-hydroxylation sites is 1. The topological polar surface area (TPSA) is 52.0 Å². The monoisotopic (exact) mass is 485 g/mol. The first-order valence-corrected chi connectivity index (χ1v) is 12.4. The largest absolute Gasteiger partial charge is 0.361 e. The van der Waals surface area contributed by atoms with Crippen molar-refractivity contribution in [2.75, 3.05) is 19.6 Å². The van der Waals surface area contributed by atoms with Crippen LogP contribution in [-0.2, 0) is 23.4 Å². The Hall–Kier alpha value is -3.53. The number of halogens is 2. The van der Waals surface area contributed by atoms with Crippen LogP contribution in [0.3, 0.4) is 0 Å². The molecule has 3 aromatic carbocycles. The Labute approximate surface area is 210 Å². The number of aromatic amines is 1. The second kappa shape index (κ2) is 10.2. The molecule has 184 valence electrons. The second-order valence-corrected chi connectivity index (χ2v) is 9.37. The zero-order valence-electron chi connectivity index (χ0n) is 20.4. The zero-order valence-corrected chi connectivity index (χ0v) is 20.4. The summed E-state index contributed by atoms with van der Waals surface area (Å²) in [5, 5.41) is 10.2. The van der Waals surface area contributed by atoms with Gasteiger partial charge >= 0.3 is 0 Å². The quantitative estimate of drug-likeness (QED) is 0.297. The predicted octanol–water partition coefficient (Wildman–Crippen LogP) is 6.44. The van der Waals surface area contributed by atoms with Crippen molar-refractivity contribution >= 4 is 10.9 Å². The van der Waals surface area contributed by atoms with Crippen molar-refractivity contribution in [2.45, 2.75) is 38.4 Å². The number of ether oxygens (including phenoxy) is 1. The third kappa shape index (κ3) is 4.53. The van der Waals surface area contributed by atoms with Crippen LogP contribution in [0.5, 0.6) is 0 Å². The summed E-state index contributed by atoms with van der Waals surface area (Å²) in [6.07, 6.45) is 4.36. The van der Waals surface area contributed by atoms with Gasteiger partial charge in [-0.3, -0.25) is 0 Å². The first kappa shape index (κ1) is 24.2. The average Bonchev–Trinajstić information content (AvgIpc) is 3.49. The number of H-pyrrole nitrogens is 1. The normalized spacial score (nSPS) is 17.0. The standard InChI is InChI=1S/C30H29F2N3O/c1-2-35(16-13-22-19-34-29-26(22)5-3-6-28(29)32)15-4-14-30(24-8-10-25(31)11-9-24)27-12-7-21(18-33)17-23(27)20-36-30/h3,5-12,17,19,34H,2,4,13-16,20H2,1H3. The molecule has 1 aliphatic heterocycles. The Morgan fingerprint density at radius 3 is 2.69 bits per heavy atom. The lowest BCUT2D eigenvalue weighted by Crippen LogP contribution is -2.31. The van der Waals surface area contributed by atoms with E-state index in [0.717, 1.165) is 66.5 Å². The number of hydrogen-bond donors (Lipinski definition) is 1. The van der Waals surface area contributed by atoms with Crippen LogP contribution in [0.2, 0.25) is 0 Å². The molecular formula is C30H29F2N3O. The van der Waals surface area contributed by atoms with Gasteiger partial charge in [0.05, 0.1) is 23.8 Å². The fourth-order valence-electron chi connectivity index (χ4n) is 5.40. The van der Waals surface area contributed by atoms with Gasteiger partial charge in [0.15, 0.2) is 0 Å². The summed E-state index contributed by atoms with van der Waals surface area (Å²) in [4.78, 5) is 5.46. The molecule has 1 N–H and O–H groups in total. The van der Waals surface area contributed by atoms with Crippen molar-refractivity contribution in [3.63, 3.8) is 0 Å². The van der Waals surface area contributed by atoms with Gasteiger partial charge in [-0.15, -0.1) is 0 Å². The van der Waals surface area contributed by atoms with Gasteiger partial charge < -0.3 is 14.6 Å². The molecule has 6 heteroatoms. The Balaban J connectivity index is 1.30. The molecule has 4 aromatic rings. The van der Waals surface area contributed by atoms with Crippen LogP contribution in [0.1, 0.15) is 47.6 Å². The lowest BCUT2D eigenvalue weighted by atomic mass is 9.81. The van der Waals surface area contributed by atoms with Crippen LogP contribution < -0.4 is 0 Å². The van der Waals surface area contributed by atoms with E-state index in [1.807, 2.05) is 30.5 Å². The van der Waals surface area contributed by atoms with E-state index in [2.05, 4.69) is 22.9 Å². The van der Waals surface area contributed by atoms with E-state index in [-0.39, 0.29) is 11.6 Å². The van der Waals surface area contributed by atoms with E-state index in [9.17, 15) is 14.0 Å². The summed E-state index contributed by atoms with van der Waals surface area (Å²) in [5.41, 5.74) is 4.62. The fraction of sp³-hybridized carbons (Fsp3) is 0.300. The molecule has 0 radical (unpaired) electrons. The molecular weight excluding hydrogens is 456 g/mol. The number of aromatic nitrogens is 1. The van der Waals surface area contributed by atoms with E-state index in [0.29, 0.717) is 17.7 Å². The third-order valence-corrected chi connectivity index (χ3v) is 7.35. The van der Waals surface area contributed by atoms with Gasteiger partial charge in [-0.1, -0.05) is 37.3 Å². The van der Waals surface area contributed by atoms with E-state index >= 15 is 0 Å². The molecule has 0 spiro atoms. The Bertz CT molecular complexity index is 1410. The molecule has 0 bridgehead atoms. The highest BCUT2D eigenvalue weighted by atomic mass is 19.1. The van der Waals surface area contributed by atoms with E-state index < -0.39 is 5.60 Å². The van der Waals surface area contributed by atoms with Crippen LogP contribution in [0.15, 0.2) is 66.9 Å². The van der Waals surface area contributed by atoms with E-state index in [1.54, 1.807) is 18.2 Å². The van der Waals surface area contributed by atoms with Gasteiger partial charge in [-0.25, -0.2) is 8.78 Å². The fourth-order valence-corrected chi connectivity index (χ4v) is 5.40. The molecule has 0 aliphatic carbocycles. The number of nitrogens with zero attached hydrogens (tertiary/aromatic N) is 2. The van der Waals surface area contributed by atoms with E-state index in [1.165, 1.54) is 18.2 Å². The maximum absolute atomic E-state index is 14.0. The van der Waals surface area contributed by atoms with E-state index in [4.69, 9.17) is 4.74 Å². The minimum Gasteiger partial charge on any atom is -0.361 e. The third-order valence-electron chi connectivity index (χ3n) is 7.35. The number of nitriles is 1. The molecule has 0 amide bonds. The number of nitrogens with one attached hydrogen (secondary N) is 1. The zero-order chi connectivity index (χ0) is 25.1. The Morgan fingerprint density at radius 2 is 1.92 bits per heavy atom. The molecule has 2 heterocycles. The minimum atomic E-state index is -0.662. The van der Waals surface area contributed by atoms with Crippen LogP contribution in [-0.4, -0.2) is 29.5 Å².